The van der Waals surface area contributed by atoms with E-state index in [9.17, 15) is 18.8 Å². The number of halogens is 1. The highest BCUT2D eigenvalue weighted by atomic mass is 19.1. The second kappa shape index (κ2) is 10.1. The van der Waals surface area contributed by atoms with Crippen molar-refractivity contribution in [3.63, 3.8) is 0 Å². The lowest BCUT2D eigenvalue weighted by molar-refractivity contribution is -0.122. The van der Waals surface area contributed by atoms with E-state index < -0.39 is 23.7 Å². The van der Waals surface area contributed by atoms with Crippen LogP contribution in [0.4, 0.5) is 14.9 Å². The Bertz CT molecular complexity index is 1320. The number of carbonyl (C=O) groups excluding carboxylic acids is 3. The fourth-order valence-corrected chi connectivity index (χ4v) is 3.46. The first-order valence-corrected chi connectivity index (χ1v) is 10.5. The van der Waals surface area contributed by atoms with Crippen molar-refractivity contribution in [2.75, 3.05) is 19.1 Å². The molecule has 1 fully saturated rings. The molecule has 1 aliphatic rings. The number of methoxy groups -OCH3 is 2. The number of urea groups is 1. The Morgan fingerprint density at radius 2 is 1.66 bits per heavy atom. The Morgan fingerprint density at radius 3 is 2.34 bits per heavy atom. The molecular formula is C26H21FN2O6. The van der Waals surface area contributed by atoms with Gasteiger partial charge >= 0.3 is 6.03 Å². The maximum Gasteiger partial charge on any atom is 0.335 e. The van der Waals surface area contributed by atoms with Gasteiger partial charge in [-0.25, -0.2) is 14.1 Å². The summed E-state index contributed by atoms with van der Waals surface area (Å²) in [6.07, 6.45) is 1.34. The van der Waals surface area contributed by atoms with Gasteiger partial charge < -0.3 is 14.2 Å². The predicted octanol–water partition coefficient (Wildman–Crippen LogP) is 4.09. The maximum absolute atomic E-state index is 14.0. The van der Waals surface area contributed by atoms with Crippen LogP contribution < -0.4 is 24.4 Å². The van der Waals surface area contributed by atoms with Gasteiger partial charge in [-0.1, -0.05) is 24.3 Å². The molecule has 0 atom stereocenters. The van der Waals surface area contributed by atoms with Crippen molar-refractivity contribution < 1.29 is 33.0 Å². The van der Waals surface area contributed by atoms with E-state index >= 15 is 0 Å². The molecule has 1 aliphatic heterocycles. The van der Waals surface area contributed by atoms with Gasteiger partial charge in [0.15, 0.2) is 11.5 Å². The maximum atomic E-state index is 14.0. The van der Waals surface area contributed by atoms with E-state index in [-0.39, 0.29) is 23.6 Å². The fraction of sp³-hybridized carbons (Fsp3) is 0.115. The number of anilines is 1. The molecule has 0 unspecified atom stereocenters. The zero-order valence-electron chi connectivity index (χ0n) is 18.9. The van der Waals surface area contributed by atoms with Crippen LogP contribution in [0.5, 0.6) is 17.2 Å². The van der Waals surface area contributed by atoms with Crippen LogP contribution in [0.25, 0.3) is 6.08 Å². The average molecular weight is 476 g/mol. The van der Waals surface area contributed by atoms with Gasteiger partial charge in [0.1, 0.15) is 23.7 Å². The Morgan fingerprint density at radius 1 is 0.914 bits per heavy atom. The van der Waals surface area contributed by atoms with Gasteiger partial charge in [-0.15, -0.1) is 0 Å². The molecule has 1 N–H and O–H groups in total. The highest BCUT2D eigenvalue weighted by molar-refractivity contribution is 6.39. The number of benzene rings is 3. The molecule has 1 heterocycles. The number of imide groups is 2. The molecule has 0 aliphatic carbocycles. The number of nitrogens with zero attached hydrogens (tertiary/aromatic N) is 1. The lowest BCUT2D eigenvalue weighted by Crippen LogP contribution is -2.54. The molecule has 3 aromatic rings. The molecule has 8 nitrogen and oxygen atoms in total. The second-order valence-corrected chi connectivity index (χ2v) is 7.45. The fourth-order valence-electron chi connectivity index (χ4n) is 3.46. The normalized spacial score (nSPS) is 14.7. The monoisotopic (exact) mass is 476 g/mol. The summed E-state index contributed by atoms with van der Waals surface area (Å²) in [5.41, 5.74) is 0.826. The summed E-state index contributed by atoms with van der Waals surface area (Å²) in [5.74, 6) is -0.790. The van der Waals surface area contributed by atoms with Crippen LogP contribution in [-0.2, 0) is 16.2 Å². The highest BCUT2D eigenvalue weighted by Gasteiger charge is 2.36. The smallest absolute Gasteiger partial charge is 0.335 e. The van der Waals surface area contributed by atoms with Crippen molar-refractivity contribution >= 4 is 29.6 Å². The molecular weight excluding hydrogens is 455 g/mol. The summed E-state index contributed by atoms with van der Waals surface area (Å²) in [7, 11) is 2.95. The van der Waals surface area contributed by atoms with Crippen molar-refractivity contribution in [3.8, 4) is 17.2 Å². The van der Waals surface area contributed by atoms with Crippen molar-refractivity contribution in [2.24, 2.45) is 0 Å². The van der Waals surface area contributed by atoms with E-state index in [4.69, 9.17) is 14.2 Å². The third-order valence-electron chi connectivity index (χ3n) is 5.27. The van der Waals surface area contributed by atoms with Crippen molar-refractivity contribution in [1.29, 1.82) is 0 Å². The topological polar surface area (TPSA) is 94.2 Å². The molecule has 35 heavy (non-hydrogen) atoms. The SMILES string of the molecule is COc1ccc(N2C(=O)NC(=O)/C(=C/c3ccc(OC)c(OCc4ccccc4F)c3)C2=O)cc1. The van der Waals surface area contributed by atoms with Crippen LogP contribution in [-0.4, -0.2) is 32.1 Å². The lowest BCUT2D eigenvalue weighted by Gasteiger charge is -2.26. The third kappa shape index (κ3) is 4.98. The van der Waals surface area contributed by atoms with Gasteiger partial charge in [-0.05, 0) is 54.1 Å². The van der Waals surface area contributed by atoms with Gasteiger partial charge in [0, 0.05) is 5.56 Å². The van der Waals surface area contributed by atoms with Crippen LogP contribution in [0, 0.1) is 5.82 Å². The Hall–Kier alpha value is -4.66. The molecule has 3 aromatic carbocycles. The van der Waals surface area contributed by atoms with E-state index in [0.717, 1.165) is 4.90 Å². The third-order valence-corrected chi connectivity index (χ3v) is 5.27. The molecule has 0 radical (unpaired) electrons. The van der Waals surface area contributed by atoms with E-state index in [1.165, 1.54) is 38.5 Å². The van der Waals surface area contributed by atoms with Gasteiger partial charge in [-0.2, -0.15) is 0 Å². The number of carbonyl (C=O) groups is 3. The first kappa shape index (κ1) is 23.5. The zero-order chi connectivity index (χ0) is 24.9. The summed E-state index contributed by atoms with van der Waals surface area (Å²) in [4.78, 5) is 38.9. The van der Waals surface area contributed by atoms with Crippen LogP contribution in [0.2, 0.25) is 0 Å². The number of amides is 4. The summed E-state index contributed by atoms with van der Waals surface area (Å²) >= 11 is 0. The van der Waals surface area contributed by atoms with E-state index in [0.29, 0.717) is 22.6 Å². The molecule has 4 amide bonds. The van der Waals surface area contributed by atoms with Crippen molar-refractivity contribution in [3.05, 3.63) is 89.2 Å². The number of hydrogen-bond donors (Lipinski definition) is 1. The van der Waals surface area contributed by atoms with Crippen LogP contribution in [0.1, 0.15) is 11.1 Å². The minimum absolute atomic E-state index is 0.0533. The Labute approximate surface area is 200 Å². The van der Waals surface area contributed by atoms with Crippen LogP contribution >= 0.6 is 0 Å². The second-order valence-electron chi connectivity index (χ2n) is 7.45. The molecule has 9 heteroatoms. The van der Waals surface area contributed by atoms with Gasteiger partial charge in [0.2, 0.25) is 0 Å². The van der Waals surface area contributed by atoms with Crippen molar-refractivity contribution in [2.45, 2.75) is 6.61 Å². The first-order chi connectivity index (χ1) is 16.9. The molecule has 178 valence electrons. The van der Waals surface area contributed by atoms with Crippen molar-refractivity contribution in [1.82, 2.24) is 5.32 Å². The molecule has 0 bridgehead atoms. The van der Waals surface area contributed by atoms with E-state index in [1.807, 2.05) is 0 Å². The molecule has 0 spiro atoms. The summed E-state index contributed by atoms with van der Waals surface area (Å²) in [5, 5.41) is 2.18. The quantitative estimate of drug-likeness (QED) is 0.408. The highest BCUT2D eigenvalue weighted by Crippen LogP contribution is 2.31. The van der Waals surface area contributed by atoms with Crippen LogP contribution in [0.3, 0.4) is 0 Å². The number of ether oxygens (including phenoxy) is 3. The largest absolute Gasteiger partial charge is 0.497 e. The summed E-state index contributed by atoms with van der Waals surface area (Å²) < 4.78 is 30.1. The lowest BCUT2D eigenvalue weighted by atomic mass is 10.1. The Balaban J connectivity index is 1.63. The zero-order valence-corrected chi connectivity index (χ0v) is 18.9. The summed E-state index contributed by atoms with van der Waals surface area (Å²) in [6, 6.07) is 16.4. The number of nitrogens with one attached hydrogen (secondary N) is 1. The predicted molar refractivity (Wildman–Crippen MR) is 126 cm³/mol. The van der Waals surface area contributed by atoms with E-state index in [2.05, 4.69) is 5.32 Å². The molecule has 1 saturated heterocycles. The minimum Gasteiger partial charge on any atom is -0.497 e. The average Bonchev–Trinajstić information content (AvgIpc) is 2.86. The number of rotatable bonds is 7. The molecule has 4 rings (SSSR count). The molecule has 0 saturated carbocycles. The van der Waals surface area contributed by atoms with Gasteiger partial charge in [0.25, 0.3) is 11.8 Å². The van der Waals surface area contributed by atoms with E-state index in [1.54, 1.807) is 48.5 Å². The van der Waals surface area contributed by atoms with Gasteiger partial charge in [-0.3, -0.25) is 14.9 Å². The van der Waals surface area contributed by atoms with Gasteiger partial charge in [0.05, 0.1) is 19.9 Å². The minimum atomic E-state index is -0.856. The Kier molecular flexibility index (Phi) is 6.77. The standard InChI is InChI=1S/C26H21FN2O6/c1-33-19-10-8-18(9-11-19)29-25(31)20(24(30)28-26(29)32)13-16-7-12-22(34-2)23(14-16)35-15-17-5-3-4-6-21(17)27/h3-14H,15H2,1-2H3,(H,28,30,32)/b20-13-. The summed E-state index contributed by atoms with van der Waals surface area (Å²) in [6.45, 7) is -0.0533. The van der Waals surface area contributed by atoms with Crippen LogP contribution in [0.15, 0.2) is 72.3 Å². The molecule has 0 aromatic heterocycles. The number of hydrogen-bond acceptors (Lipinski definition) is 6. The number of barbiturate groups is 1. The first-order valence-electron chi connectivity index (χ1n) is 10.5.